The van der Waals surface area contributed by atoms with E-state index >= 15 is 0 Å². The molecule has 3 aromatic rings. The molecular weight excluding hydrogens is 476 g/mol. The lowest BCUT2D eigenvalue weighted by molar-refractivity contribution is -0.186. The van der Waals surface area contributed by atoms with Crippen LogP contribution < -0.4 is 0 Å². The van der Waals surface area contributed by atoms with E-state index in [1.807, 2.05) is 13.0 Å². The van der Waals surface area contributed by atoms with Crippen LogP contribution in [0.2, 0.25) is 5.15 Å². The van der Waals surface area contributed by atoms with E-state index in [-0.39, 0.29) is 5.69 Å². The fourth-order valence-electron chi connectivity index (χ4n) is 3.44. The fourth-order valence-corrected chi connectivity index (χ4v) is 5.66. The number of nitriles is 1. The number of pyridine rings is 1. The highest BCUT2D eigenvalue weighted by Crippen LogP contribution is 2.40. The van der Waals surface area contributed by atoms with Gasteiger partial charge >= 0.3 is 0 Å². The molecule has 0 radical (unpaired) electrons. The molecule has 1 aliphatic rings. The van der Waals surface area contributed by atoms with Crippen LogP contribution in [0.4, 0.5) is 0 Å². The molecule has 5 atom stereocenters. The van der Waals surface area contributed by atoms with Crippen molar-refractivity contribution in [3.05, 3.63) is 40.3 Å². The van der Waals surface area contributed by atoms with Crippen LogP contribution in [0, 0.1) is 18.3 Å². The molecule has 0 aromatic carbocycles. The summed E-state index contributed by atoms with van der Waals surface area (Å²) in [5.74, 6) is 0. The van der Waals surface area contributed by atoms with Gasteiger partial charge in [-0.3, -0.25) is 0 Å². The zero-order valence-electron chi connectivity index (χ0n) is 17.0. The van der Waals surface area contributed by atoms with E-state index in [1.54, 1.807) is 17.8 Å². The lowest BCUT2D eigenvalue weighted by atomic mass is 9.97. The number of aliphatic hydroxyl groups is 2. The molecule has 1 aliphatic heterocycles. The number of aryl methyl sites for hydroxylation is 1. The third-order valence-electron chi connectivity index (χ3n) is 4.95. The second kappa shape index (κ2) is 9.80. The minimum absolute atomic E-state index is 0.256. The molecule has 3 unspecified atom stereocenters. The maximum absolute atomic E-state index is 10.9. The third kappa shape index (κ3) is 4.51. The normalized spacial score (nSPS) is 25.6. The van der Waals surface area contributed by atoms with Crippen LogP contribution in [0.15, 0.2) is 28.7 Å². The summed E-state index contributed by atoms with van der Waals surface area (Å²) in [7, 11) is 1.50. The molecule has 2 N–H and O–H groups in total. The highest BCUT2D eigenvalue weighted by molar-refractivity contribution is 7.99. The van der Waals surface area contributed by atoms with Gasteiger partial charge in [-0.25, -0.2) is 14.6 Å². The second-order valence-electron chi connectivity index (χ2n) is 7.06. The Morgan fingerprint density at radius 1 is 1.47 bits per heavy atom. The molecule has 4 rings (SSSR count). The van der Waals surface area contributed by atoms with Crippen molar-refractivity contribution in [2.75, 3.05) is 13.7 Å². The van der Waals surface area contributed by atoms with Crippen LogP contribution >= 0.6 is 34.7 Å². The third-order valence-corrected chi connectivity index (χ3v) is 7.31. The largest absolute Gasteiger partial charge is 0.394 e. The van der Waals surface area contributed by atoms with Crippen LogP contribution in [0.3, 0.4) is 0 Å². The molecule has 0 saturated carbocycles. The van der Waals surface area contributed by atoms with E-state index in [4.69, 9.17) is 21.1 Å². The molecule has 1 fully saturated rings. The smallest absolute Gasteiger partial charge is 0.154 e. The molecule has 0 amide bonds. The molecule has 168 valence electrons. The highest BCUT2D eigenvalue weighted by Gasteiger charge is 2.47. The number of aromatic nitrogens is 5. The predicted molar refractivity (Wildman–Crippen MR) is 117 cm³/mol. The molecule has 0 aliphatic carbocycles. The van der Waals surface area contributed by atoms with Gasteiger partial charge in [-0.2, -0.15) is 5.26 Å². The van der Waals surface area contributed by atoms with E-state index in [1.165, 1.54) is 34.9 Å². The number of ether oxygens (including phenoxy) is 2. The molecule has 0 bridgehead atoms. The zero-order valence-corrected chi connectivity index (χ0v) is 19.4. The molecular formula is C19H19ClN6O4S2. The average Bonchev–Trinajstić information content (AvgIpc) is 3.43. The summed E-state index contributed by atoms with van der Waals surface area (Å²) in [5, 5.41) is 41.2. The van der Waals surface area contributed by atoms with Gasteiger partial charge in [0.25, 0.3) is 0 Å². The van der Waals surface area contributed by atoms with Crippen molar-refractivity contribution in [2.45, 2.75) is 41.6 Å². The number of rotatable bonds is 6. The van der Waals surface area contributed by atoms with E-state index in [0.717, 1.165) is 5.56 Å². The Hall–Kier alpha value is -2.11. The van der Waals surface area contributed by atoms with Gasteiger partial charge in [0.2, 0.25) is 0 Å². The van der Waals surface area contributed by atoms with Gasteiger partial charge in [-0.05, 0) is 18.6 Å². The van der Waals surface area contributed by atoms with Crippen molar-refractivity contribution < 1.29 is 19.7 Å². The first kappa shape index (κ1) is 23.1. The van der Waals surface area contributed by atoms with E-state index in [2.05, 4.69) is 26.3 Å². The lowest BCUT2D eigenvalue weighted by Gasteiger charge is -2.43. The van der Waals surface area contributed by atoms with Crippen LogP contribution in [0.1, 0.15) is 17.3 Å². The number of aliphatic hydroxyl groups excluding tert-OH is 2. The Labute approximate surface area is 196 Å². The lowest BCUT2D eigenvalue weighted by Crippen LogP contribution is -2.55. The number of hydrogen-bond acceptors (Lipinski definition) is 11. The van der Waals surface area contributed by atoms with E-state index < -0.39 is 36.4 Å². The van der Waals surface area contributed by atoms with Crippen molar-refractivity contribution >= 4 is 34.7 Å². The fraction of sp³-hybridized carbons (Fsp3) is 0.421. The first-order chi connectivity index (χ1) is 15.4. The summed E-state index contributed by atoms with van der Waals surface area (Å²) < 4.78 is 13.2. The van der Waals surface area contributed by atoms with Gasteiger partial charge in [0.1, 0.15) is 51.7 Å². The SMILES string of the molecule is COC1C(n2cc(-c3nc(Cl)cs3)nn2)[C@@H](O)C(CO)O[C@@H]1Sc1cc(C)cnc1C#N. The summed E-state index contributed by atoms with van der Waals surface area (Å²) in [6.45, 7) is 1.46. The summed E-state index contributed by atoms with van der Waals surface area (Å²) in [6, 6.07) is 3.19. The number of halogens is 1. The van der Waals surface area contributed by atoms with Crippen molar-refractivity contribution in [1.29, 1.82) is 5.26 Å². The first-order valence-electron chi connectivity index (χ1n) is 9.49. The van der Waals surface area contributed by atoms with Crippen molar-refractivity contribution in [3.8, 4) is 16.8 Å². The molecule has 0 spiro atoms. The maximum atomic E-state index is 10.9. The number of hydrogen-bond donors (Lipinski definition) is 2. The van der Waals surface area contributed by atoms with Gasteiger partial charge in [0.15, 0.2) is 5.69 Å². The zero-order chi connectivity index (χ0) is 22.8. The van der Waals surface area contributed by atoms with E-state index in [0.29, 0.717) is 20.8 Å². The van der Waals surface area contributed by atoms with Crippen LogP contribution in [-0.2, 0) is 9.47 Å². The van der Waals surface area contributed by atoms with Crippen LogP contribution in [0.25, 0.3) is 10.7 Å². The molecule has 1 saturated heterocycles. The second-order valence-corrected chi connectivity index (χ2v) is 9.44. The molecule has 10 nitrogen and oxygen atoms in total. The summed E-state index contributed by atoms with van der Waals surface area (Å²) in [6.07, 6.45) is 0.560. The summed E-state index contributed by atoms with van der Waals surface area (Å²) >= 11 is 8.48. The number of thiazole rings is 1. The van der Waals surface area contributed by atoms with Gasteiger partial charge in [0, 0.05) is 23.6 Å². The van der Waals surface area contributed by atoms with Crippen molar-refractivity contribution in [2.24, 2.45) is 0 Å². The Balaban J connectivity index is 1.68. The number of methoxy groups -OCH3 is 1. The summed E-state index contributed by atoms with van der Waals surface area (Å²) in [5.41, 5.74) is 0.971. The van der Waals surface area contributed by atoms with Gasteiger partial charge in [0.05, 0.1) is 12.8 Å². The minimum atomic E-state index is -1.12. The Kier molecular flexibility index (Phi) is 7.06. The van der Waals surface area contributed by atoms with Gasteiger partial charge in [-0.15, -0.1) is 16.4 Å². The molecule has 32 heavy (non-hydrogen) atoms. The Morgan fingerprint density at radius 2 is 2.28 bits per heavy atom. The summed E-state index contributed by atoms with van der Waals surface area (Å²) in [4.78, 5) is 8.97. The van der Waals surface area contributed by atoms with Crippen molar-refractivity contribution in [1.82, 2.24) is 25.0 Å². The monoisotopic (exact) mass is 494 g/mol. The average molecular weight is 495 g/mol. The number of thioether (sulfide) groups is 1. The maximum Gasteiger partial charge on any atom is 0.154 e. The van der Waals surface area contributed by atoms with Crippen LogP contribution in [-0.4, -0.2) is 72.6 Å². The topological polar surface area (TPSA) is 139 Å². The minimum Gasteiger partial charge on any atom is -0.394 e. The van der Waals surface area contributed by atoms with E-state index in [9.17, 15) is 15.5 Å². The van der Waals surface area contributed by atoms with Gasteiger partial charge < -0.3 is 19.7 Å². The van der Waals surface area contributed by atoms with Gasteiger partial charge in [-0.1, -0.05) is 28.6 Å². The molecule has 4 heterocycles. The first-order valence-corrected chi connectivity index (χ1v) is 11.6. The Morgan fingerprint density at radius 3 is 2.94 bits per heavy atom. The predicted octanol–water partition coefficient (Wildman–Crippen LogP) is 2.06. The number of nitrogens with zero attached hydrogens (tertiary/aromatic N) is 6. The quantitative estimate of drug-likeness (QED) is 0.523. The highest BCUT2D eigenvalue weighted by atomic mass is 35.5. The standard InChI is InChI=1S/C19H19ClN6O4S2/c1-9-3-13(10(4-21)22-5-9)32-19-17(29-2)15(16(28)12(7-27)30-19)26-6-11(24-25-26)18-23-14(20)8-31-18/h3,5-6,8,12,15-17,19,27-28H,7H2,1-2H3/t12?,15?,16-,17?,19+/m0/s1. The Bertz CT molecular complexity index is 1140. The molecule has 13 heteroatoms. The van der Waals surface area contributed by atoms with Crippen LogP contribution in [0.5, 0.6) is 0 Å². The van der Waals surface area contributed by atoms with Crippen molar-refractivity contribution in [3.63, 3.8) is 0 Å². The molecule has 3 aromatic heterocycles.